The minimum Gasteiger partial charge on any atom is -0.372 e. The van der Waals surface area contributed by atoms with Gasteiger partial charge >= 0.3 is 0 Å². The molecule has 4 nitrogen and oxygen atoms in total. The number of carbonyl (C=O) groups excluding carboxylic acids is 1. The van der Waals surface area contributed by atoms with E-state index in [1.54, 1.807) is 24.3 Å². The van der Waals surface area contributed by atoms with Crippen LogP contribution in [0.5, 0.6) is 0 Å². The summed E-state index contributed by atoms with van der Waals surface area (Å²) < 4.78 is 0. The number of hydrogen-bond donors (Lipinski definition) is 1. The van der Waals surface area contributed by atoms with E-state index in [1.807, 2.05) is 6.07 Å². The van der Waals surface area contributed by atoms with Gasteiger partial charge in [-0.2, -0.15) is 5.26 Å². The summed E-state index contributed by atoms with van der Waals surface area (Å²) in [6, 6.07) is 17.1. The molecule has 23 heavy (non-hydrogen) atoms. The Kier molecular flexibility index (Phi) is 4.58. The molecule has 0 saturated carbocycles. The molecule has 0 unspecified atom stereocenters. The van der Waals surface area contributed by atoms with Crippen LogP contribution < -0.4 is 10.2 Å². The second-order valence-corrected chi connectivity index (χ2v) is 5.73. The second kappa shape index (κ2) is 6.97. The highest BCUT2D eigenvalue weighted by molar-refractivity contribution is 5.94. The Morgan fingerprint density at radius 1 is 1.04 bits per heavy atom. The Balaban J connectivity index is 1.56. The fourth-order valence-corrected chi connectivity index (χ4v) is 2.78. The van der Waals surface area contributed by atoms with Crippen molar-refractivity contribution in [1.82, 2.24) is 5.32 Å². The molecule has 0 atom stereocenters. The zero-order valence-corrected chi connectivity index (χ0v) is 13.0. The average Bonchev–Trinajstić information content (AvgIpc) is 3.15. The van der Waals surface area contributed by atoms with Crippen LogP contribution in [0.4, 0.5) is 5.69 Å². The first kappa shape index (κ1) is 15.1. The molecule has 0 spiro atoms. The predicted molar refractivity (Wildman–Crippen MR) is 90.2 cm³/mol. The lowest BCUT2D eigenvalue weighted by atomic mass is 10.1. The van der Waals surface area contributed by atoms with E-state index < -0.39 is 0 Å². The van der Waals surface area contributed by atoms with Gasteiger partial charge in [0.15, 0.2) is 0 Å². The highest BCUT2D eigenvalue weighted by Crippen LogP contribution is 2.20. The predicted octanol–water partition coefficient (Wildman–Crippen LogP) is 3.09. The summed E-state index contributed by atoms with van der Waals surface area (Å²) in [5.41, 5.74) is 3.45. The summed E-state index contributed by atoms with van der Waals surface area (Å²) >= 11 is 0. The van der Waals surface area contributed by atoms with Crippen molar-refractivity contribution in [2.24, 2.45) is 0 Å². The molecular formula is C19H19N3O. The van der Waals surface area contributed by atoms with Crippen LogP contribution >= 0.6 is 0 Å². The fraction of sp³-hybridized carbons (Fsp3) is 0.263. The first-order valence-electron chi connectivity index (χ1n) is 7.88. The van der Waals surface area contributed by atoms with Gasteiger partial charge in [-0.15, -0.1) is 0 Å². The van der Waals surface area contributed by atoms with Crippen molar-refractivity contribution in [2.75, 3.05) is 18.0 Å². The van der Waals surface area contributed by atoms with E-state index in [-0.39, 0.29) is 5.91 Å². The maximum absolute atomic E-state index is 12.1. The van der Waals surface area contributed by atoms with Crippen molar-refractivity contribution >= 4 is 11.6 Å². The van der Waals surface area contributed by atoms with Crippen molar-refractivity contribution in [1.29, 1.82) is 5.26 Å². The van der Waals surface area contributed by atoms with Crippen LogP contribution in [0.1, 0.15) is 34.3 Å². The molecule has 4 heteroatoms. The number of carbonyl (C=O) groups is 1. The highest BCUT2D eigenvalue weighted by Gasteiger charge is 2.12. The summed E-state index contributed by atoms with van der Waals surface area (Å²) in [5, 5.41) is 11.7. The van der Waals surface area contributed by atoms with Gasteiger partial charge in [-0.25, -0.2) is 0 Å². The molecule has 116 valence electrons. The molecule has 1 aliphatic heterocycles. The minimum absolute atomic E-state index is 0.127. The Labute approximate surface area is 136 Å². The third-order valence-corrected chi connectivity index (χ3v) is 4.14. The second-order valence-electron chi connectivity index (χ2n) is 5.73. The molecule has 1 amide bonds. The summed E-state index contributed by atoms with van der Waals surface area (Å²) in [5.74, 6) is -0.127. The average molecular weight is 305 g/mol. The fourth-order valence-electron chi connectivity index (χ4n) is 2.78. The molecule has 2 aromatic rings. The maximum atomic E-state index is 12.1. The van der Waals surface area contributed by atoms with Crippen molar-refractivity contribution in [3.05, 3.63) is 65.2 Å². The Morgan fingerprint density at radius 2 is 1.70 bits per heavy atom. The van der Waals surface area contributed by atoms with Gasteiger partial charge in [0.1, 0.15) is 0 Å². The van der Waals surface area contributed by atoms with E-state index in [9.17, 15) is 4.79 Å². The van der Waals surface area contributed by atoms with Crippen LogP contribution in [0.25, 0.3) is 0 Å². The lowest BCUT2D eigenvalue weighted by Crippen LogP contribution is -2.23. The summed E-state index contributed by atoms with van der Waals surface area (Å²) in [4.78, 5) is 14.5. The van der Waals surface area contributed by atoms with Crippen LogP contribution in [0, 0.1) is 11.3 Å². The van der Waals surface area contributed by atoms with Crippen molar-refractivity contribution in [3.63, 3.8) is 0 Å². The number of benzene rings is 2. The van der Waals surface area contributed by atoms with E-state index in [0.717, 1.165) is 18.7 Å². The largest absolute Gasteiger partial charge is 0.372 e. The molecule has 1 saturated heterocycles. The smallest absolute Gasteiger partial charge is 0.251 e. The van der Waals surface area contributed by atoms with E-state index >= 15 is 0 Å². The van der Waals surface area contributed by atoms with Gasteiger partial charge < -0.3 is 10.2 Å². The first-order valence-corrected chi connectivity index (χ1v) is 7.88. The Morgan fingerprint density at radius 3 is 2.30 bits per heavy atom. The molecule has 0 radical (unpaired) electrons. The molecule has 0 aliphatic carbocycles. The molecule has 1 aliphatic rings. The zero-order chi connectivity index (χ0) is 16.1. The number of nitrogens with zero attached hydrogens (tertiary/aromatic N) is 2. The van der Waals surface area contributed by atoms with Gasteiger partial charge in [0.25, 0.3) is 5.91 Å². The number of rotatable bonds is 4. The summed E-state index contributed by atoms with van der Waals surface area (Å²) in [7, 11) is 0. The van der Waals surface area contributed by atoms with Crippen LogP contribution in [-0.2, 0) is 6.54 Å². The van der Waals surface area contributed by atoms with Gasteiger partial charge in [-0.1, -0.05) is 12.1 Å². The quantitative estimate of drug-likeness (QED) is 0.944. The topological polar surface area (TPSA) is 56.1 Å². The van der Waals surface area contributed by atoms with Crippen LogP contribution in [0.15, 0.2) is 48.5 Å². The number of amides is 1. The van der Waals surface area contributed by atoms with Crippen LogP contribution in [0.2, 0.25) is 0 Å². The third kappa shape index (κ3) is 3.70. The number of anilines is 1. The number of nitriles is 1. The van der Waals surface area contributed by atoms with Crippen molar-refractivity contribution in [2.45, 2.75) is 19.4 Å². The van der Waals surface area contributed by atoms with Gasteiger partial charge in [-0.05, 0) is 54.8 Å². The molecule has 0 aromatic heterocycles. The normalized spacial score (nSPS) is 13.6. The van der Waals surface area contributed by atoms with Crippen LogP contribution in [-0.4, -0.2) is 19.0 Å². The molecule has 1 fully saturated rings. The van der Waals surface area contributed by atoms with Gasteiger partial charge in [0.2, 0.25) is 0 Å². The van der Waals surface area contributed by atoms with Gasteiger partial charge in [0.05, 0.1) is 11.6 Å². The van der Waals surface area contributed by atoms with E-state index in [1.165, 1.54) is 18.5 Å². The SMILES string of the molecule is N#Cc1ccc(C(=O)NCc2ccc(N3CCCC3)cc2)cc1. The maximum Gasteiger partial charge on any atom is 0.251 e. The lowest BCUT2D eigenvalue weighted by molar-refractivity contribution is 0.0951. The summed E-state index contributed by atoms with van der Waals surface area (Å²) in [6.45, 7) is 2.77. The molecule has 2 aromatic carbocycles. The monoisotopic (exact) mass is 305 g/mol. The molecule has 1 heterocycles. The molecule has 3 rings (SSSR count). The standard InChI is InChI=1S/C19H19N3O/c20-13-15-3-7-17(8-4-15)19(23)21-14-16-5-9-18(10-6-16)22-11-1-2-12-22/h3-10H,1-2,11-12,14H2,(H,21,23). The van der Waals surface area contributed by atoms with E-state index in [2.05, 4.69) is 34.5 Å². The van der Waals surface area contributed by atoms with E-state index in [4.69, 9.17) is 5.26 Å². The molecule has 0 bridgehead atoms. The molecule has 1 N–H and O–H groups in total. The van der Waals surface area contributed by atoms with Crippen LogP contribution in [0.3, 0.4) is 0 Å². The first-order chi connectivity index (χ1) is 11.3. The number of nitrogens with one attached hydrogen (secondary N) is 1. The third-order valence-electron chi connectivity index (χ3n) is 4.14. The molecular weight excluding hydrogens is 286 g/mol. The zero-order valence-electron chi connectivity index (χ0n) is 13.0. The number of hydrogen-bond acceptors (Lipinski definition) is 3. The highest BCUT2D eigenvalue weighted by atomic mass is 16.1. The minimum atomic E-state index is -0.127. The Hall–Kier alpha value is -2.80. The van der Waals surface area contributed by atoms with Crippen molar-refractivity contribution < 1.29 is 4.79 Å². The summed E-state index contributed by atoms with van der Waals surface area (Å²) in [6.07, 6.45) is 2.53. The van der Waals surface area contributed by atoms with Crippen molar-refractivity contribution in [3.8, 4) is 6.07 Å². The van der Waals surface area contributed by atoms with E-state index in [0.29, 0.717) is 17.7 Å². The van der Waals surface area contributed by atoms with Gasteiger partial charge in [0, 0.05) is 30.9 Å². The van der Waals surface area contributed by atoms with Gasteiger partial charge in [-0.3, -0.25) is 4.79 Å². The lowest BCUT2D eigenvalue weighted by Gasteiger charge is -2.17. The Bertz CT molecular complexity index is 708.